The van der Waals surface area contributed by atoms with Crippen LogP contribution in [-0.4, -0.2) is 25.9 Å². The van der Waals surface area contributed by atoms with E-state index in [9.17, 15) is 0 Å². The van der Waals surface area contributed by atoms with Gasteiger partial charge >= 0.3 is 0 Å². The van der Waals surface area contributed by atoms with Gasteiger partial charge in [-0.05, 0) is 36.0 Å². The molecule has 0 saturated carbocycles. The van der Waals surface area contributed by atoms with Gasteiger partial charge in [0, 0.05) is 19.6 Å². The van der Waals surface area contributed by atoms with E-state index in [0.717, 1.165) is 31.6 Å². The van der Waals surface area contributed by atoms with Crippen LogP contribution in [0.3, 0.4) is 0 Å². The molecule has 2 atom stereocenters. The summed E-state index contributed by atoms with van der Waals surface area (Å²) in [6.45, 7) is 5.12. The second-order valence-corrected chi connectivity index (χ2v) is 5.69. The second-order valence-electron chi connectivity index (χ2n) is 5.69. The van der Waals surface area contributed by atoms with Crippen molar-refractivity contribution in [3.05, 3.63) is 29.3 Å². The van der Waals surface area contributed by atoms with Crippen LogP contribution in [0.2, 0.25) is 0 Å². The average molecular weight is 263 g/mol. The maximum absolute atomic E-state index is 6.24. The number of nitrogens with two attached hydrogens (primary N) is 1. The van der Waals surface area contributed by atoms with E-state index in [0.29, 0.717) is 5.92 Å². The Kier molecular flexibility index (Phi) is 4.83. The molecule has 0 aromatic heterocycles. The zero-order valence-electron chi connectivity index (χ0n) is 12.2. The summed E-state index contributed by atoms with van der Waals surface area (Å²) in [5, 5.41) is 0. The highest BCUT2D eigenvalue weighted by Gasteiger charge is 2.21. The Labute approximate surface area is 116 Å². The van der Waals surface area contributed by atoms with E-state index in [1.165, 1.54) is 11.1 Å². The number of fused-ring (bicyclic) bond motifs is 1. The third kappa shape index (κ3) is 3.48. The van der Waals surface area contributed by atoms with E-state index in [-0.39, 0.29) is 12.1 Å². The van der Waals surface area contributed by atoms with Gasteiger partial charge in [-0.3, -0.25) is 0 Å². The van der Waals surface area contributed by atoms with Gasteiger partial charge in [-0.15, -0.1) is 0 Å². The molecular weight excluding hydrogens is 238 g/mol. The van der Waals surface area contributed by atoms with E-state index in [1.54, 1.807) is 7.11 Å². The van der Waals surface area contributed by atoms with Gasteiger partial charge in [-0.25, -0.2) is 0 Å². The predicted molar refractivity (Wildman–Crippen MR) is 77.6 cm³/mol. The van der Waals surface area contributed by atoms with E-state index >= 15 is 0 Å². The molecule has 3 heteroatoms. The van der Waals surface area contributed by atoms with Crippen molar-refractivity contribution in [2.45, 2.75) is 45.3 Å². The lowest BCUT2D eigenvalue weighted by Gasteiger charge is -2.26. The minimum Gasteiger partial charge on any atom is -0.493 e. The van der Waals surface area contributed by atoms with Crippen molar-refractivity contribution in [1.29, 1.82) is 0 Å². The van der Waals surface area contributed by atoms with Crippen molar-refractivity contribution in [2.24, 2.45) is 11.7 Å². The number of benzene rings is 1. The van der Waals surface area contributed by atoms with Gasteiger partial charge in [0.25, 0.3) is 0 Å². The molecule has 0 fully saturated rings. The molecule has 0 bridgehead atoms. The molecule has 1 aliphatic heterocycles. The number of aryl methyl sites for hydroxylation is 1. The lowest BCUT2D eigenvalue weighted by atomic mass is 9.94. The van der Waals surface area contributed by atoms with Gasteiger partial charge in [-0.2, -0.15) is 0 Å². The van der Waals surface area contributed by atoms with Gasteiger partial charge < -0.3 is 15.2 Å². The lowest BCUT2D eigenvalue weighted by Crippen LogP contribution is -2.40. The van der Waals surface area contributed by atoms with E-state index in [1.807, 2.05) is 0 Å². The summed E-state index contributed by atoms with van der Waals surface area (Å²) < 4.78 is 11.0. The first-order valence-electron chi connectivity index (χ1n) is 7.14. The van der Waals surface area contributed by atoms with Crippen molar-refractivity contribution in [2.75, 3.05) is 13.7 Å². The summed E-state index contributed by atoms with van der Waals surface area (Å²) in [6, 6.07) is 6.58. The number of ether oxygens (including phenoxy) is 2. The van der Waals surface area contributed by atoms with Crippen LogP contribution in [-0.2, 0) is 17.6 Å². The lowest BCUT2D eigenvalue weighted by molar-refractivity contribution is 0.0419. The Morgan fingerprint density at radius 3 is 2.84 bits per heavy atom. The van der Waals surface area contributed by atoms with Gasteiger partial charge in [0.1, 0.15) is 5.75 Å². The van der Waals surface area contributed by atoms with Crippen LogP contribution in [0.25, 0.3) is 0 Å². The number of hydrogen-bond acceptors (Lipinski definition) is 3. The average Bonchev–Trinajstić information content (AvgIpc) is 2.84. The smallest absolute Gasteiger partial charge is 0.122 e. The normalized spacial score (nSPS) is 17.1. The third-order valence-corrected chi connectivity index (χ3v) is 3.87. The molecule has 2 rings (SSSR count). The van der Waals surface area contributed by atoms with E-state index < -0.39 is 0 Å². The SMILES string of the molecule is COC(C(C)C)C(N)CCc1ccc2c(c1)CCO2. The molecule has 1 heterocycles. The van der Waals surface area contributed by atoms with Crippen molar-refractivity contribution >= 4 is 0 Å². The fourth-order valence-electron chi connectivity index (χ4n) is 2.83. The van der Waals surface area contributed by atoms with Crippen molar-refractivity contribution in [3.63, 3.8) is 0 Å². The largest absolute Gasteiger partial charge is 0.493 e. The van der Waals surface area contributed by atoms with Gasteiger partial charge in [0.05, 0.1) is 12.7 Å². The minimum atomic E-state index is 0.0921. The Hall–Kier alpha value is -1.06. The van der Waals surface area contributed by atoms with Crippen LogP contribution in [0.5, 0.6) is 5.75 Å². The number of hydrogen-bond donors (Lipinski definition) is 1. The molecule has 0 aliphatic carbocycles. The van der Waals surface area contributed by atoms with Crippen LogP contribution in [0.1, 0.15) is 31.4 Å². The summed E-state index contributed by atoms with van der Waals surface area (Å²) in [5.74, 6) is 1.50. The first kappa shape index (κ1) is 14.4. The van der Waals surface area contributed by atoms with Crippen molar-refractivity contribution in [3.8, 4) is 5.75 Å². The highest BCUT2D eigenvalue weighted by atomic mass is 16.5. The molecule has 2 N–H and O–H groups in total. The highest BCUT2D eigenvalue weighted by Crippen LogP contribution is 2.26. The number of rotatable bonds is 6. The Morgan fingerprint density at radius 2 is 2.16 bits per heavy atom. The molecule has 1 aromatic carbocycles. The molecule has 106 valence electrons. The molecule has 0 saturated heterocycles. The van der Waals surface area contributed by atoms with Crippen LogP contribution < -0.4 is 10.5 Å². The van der Waals surface area contributed by atoms with Gasteiger partial charge in [0.2, 0.25) is 0 Å². The Balaban J connectivity index is 1.91. The van der Waals surface area contributed by atoms with E-state index in [4.69, 9.17) is 15.2 Å². The second kappa shape index (κ2) is 6.40. The summed E-state index contributed by atoms with van der Waals surface area (Å²) in [7, 11) is 1.75. The first-order valence-corrected chi connectivity index (χ1v) is 7.14. The third-order valence-electron chi connectivity index (χ3n) is 3.87. The predicted octanol–water partition coefficient (Wildman–Crippen LogP) is 2.55. The van der Waals surface area contributed by atoms with Crippen molar-refractivity contribution in [1.82, 2.24) is 0 Å². The monoisotopic (exact) mass is 263 g/mol. The number of methoxy groups -OCH3 is 1. The highest BCUT2D eigenvalue weighted by molar-refractivity contribution is 5.39. The summed E-state index contributed by atoms with van der Waals surface area (Å²) in [5.41, 5.74) is 8.92. The molecule has 0 amide bonds. The molecule has 2 unspecified atom stereocenters. The van der Waals surface area contributed by atoms with Crippen LogP contribution >= 0.6 is 0 Å². The fraction of sp³-hybridized carbons (Fsp3) is 0.625. The Morgan fingerprint density at radius 1 is 1.37 bits per heavy atom. The van der Waals surface area contributed by atoms with Crippen LogP contribution in [0, 0.1) is 5.92 Å². The maximum atomic E-state index is 6.24. The fourth-order valence-corrected chi connectivity index (χ4v) is 2.83. The molecule has 0 radical (unpaired) electrons. The quantitative estimate of drug-likeness (QED) is 0.858. The molecule has 1 aromatic rings. The standard InChI is InChI=1S/C16H25NO2/c1-11(2)16(18-3)14(17)6-4-12-5-7-15-13(10-12)8-9-19-15/h5,7,10-11,14,16H,4,6,8-9,17H2,1-3H3. The zero-order valence-corrected chi connectivity index (χ0v) is 12.2. The molecule has 3 nitrogen and oxygen atoms in total. The topological polar surface area (TPSA) is 44.5 Å². The molecular formula is C16H25NO2. The van der Waals surface area contributed by atoms with Crippen LogP contribution in [0.4, 0.5) is 0 Å². The van der Waals surface area contributed by atoms with Crippen LogP contribution in [0.15, 0.2) is 18.2 Å². The van der Waals surface area contributed by atoms with Gasteiger partial charge in [0.15, 0.2) is 0 Å². The van der Waals surface area contributed by atoms with Crippen molar-refractivity contribution < 1.29 is 9.47 Å². The minimum absolute atomic E-state index is 0.0921. The zero-order chi connectivity index (χ0) is 13.8. The maximum Gasteiger partial charge on any atom is 0.122 e. The first-order chi connectivity index (χ1) is 9.11. The molecule has 1 aliphatic rings. The summed E-state index contributed by atoms with van der Waals surface area (Å²) >= 11 is 0. The summed E-state index contributed by atoms with van der Waals surface area (Å²) in [4.78, 5) is 0. The Bertz CT molecular complexity index is 417. The van der Waals surface area contributed by atoms with Gasteiger partial charge in [-0.1, -0.05) is 26.0 Å². The molecule has 0 spiro atoms. The molecule has 19 heavy (non-hydrogen) atoms. The van der Waals surface area contributed by atoms with E-state index in [2.05, 4.69) is 32.0 Å². The summed E-state index contributed by atoms with van der Waals surface area (Å²) in [6.07, 6.45) is 3.12.